The molecular formula is C92H62F6N2O2. The van der Waals surface area contributed by atoms with E-state index in [0.29, 0.717) is 92.2 Å². The Hall–Kier alpha value is -12.7. The van der Waals surface area contributed by atoms with E-state index in [1.807, 2.05) is 240 Å². The van der Waals surface area contributed by atoms with E-state index in [-0.39, 0.29) is 11.1 Å². The number of halogens is 6. The van der Waals surface area contributed by atoms with Gasteiger partial charge in [-0.15, -0.1) is 0 Å². The molecule has 0 bridgehead atoms. The molecule has 0 spiro atoms. The second-order valence-corrected chi connectivity index (χ2v) is 25.5. The van der Waals surface area contributed by atoms with Crippen molar-refractivity contribution in [1.82, 2.24) is 0 Å². The molecule has 0 aliphatic heterocycles. The molecule has 0 radical (unpaired) electrons. The predicted molar refractivity (Wildman–Crippen MR) is 397 cm³/mol. The lowest BCUT2D eigenvalue weighted by molar-refractivity contribution is 0.306. The highest BCUT2D eigenvalue weighted by Crippen LogP contribution is 2.61. The predicted octanol–water partition coefficient (Wildman–Crippen LogP) is 24.3. The van der Waals surface area contributed by atoms with Crippen molar-refractivity contribution >= 4 is 46.3 Å². The standard InChI is InChI=1S/C92H62F6N2O2/c1-3-59-19-23-61(24-20-59)57-101-75-49-31-65(32-50-75)91(89-85(95)15-9-16-86(89)96)81-13-7-5-11-77(81)79-53-47-73(55-83(79)91)99(71-43-35-67(93)36-44-71)69-39-27-63(28-40-69)64-29-41-70(42-30-64)100(72-45-37-68(94)38-46-72)74-48-54-80-78-12-6-8-14-82(78)92(84(80)56-74,90-87(97)17-10-18-88(90)98)66-33-51-76(52-34-66)102-58-62-25-21-60(4-2)22-26-62/h3-56H,1-2,57-58H2. The largest absolute Gasteiger partial charge is 0.489 e. The summed E-state index contributed by atoms with van der Waals surface area (Å²) in [6, 6.07) is 94.3. The van der Waals surface area contributed by atoms with Crippen LogP contribution in [0.5, 0.6) is 11.5 Å². The number of hydrogen-bond donors (Lipinski definition) is 0. The van der Waals surface area contributed by atoms with E-state index in [4.69, 9.17) is 9.47 Å². The van der Waals surface area contributed by atoms with E-state index >= 15 is 17.6 Å². The van der Waals surface area contributed by atoms with Gasteiger partial charge in [0.1, 0.15) is 59.6 Å². The Morgan fingerprint density at radius 3 is 0.951 bits per heavy atom. The molecule has 0 saturated carbocycles. The maximum absolute atomic E-state index is 17.1. The Kier molecular flexibility index (Phi) is 16.7. The fourth-order valence-electron chi connectivity index (χ4n) is 15.1. The lowest BCUT2D eigenvalue weighted by Crippen LogP contribution is -2.31. The number of rotatable bonds is 19. The zero-order valence-corrected chi connectivity index (χ0v) is 55.0. The molecule has 0 heterocycles. The van der Waals surface area contributed by atoms with Crippen LogP contribution in [0, 0.1) is 34.9 Å². The fraction of sp³-hybridized carbons (Fsp3) is 0.0435. The van der Waals surface area contributed by atoms with E-state index in [1.165, 1.54) is 60.7 Å². The number of anilines is 6. The lowest BCUT2D eigenvalue weighted by atomic mass is 9.67. The van der Waals surface area contributed by atoms with Crippen molar-refractivity contribution < 1.29 is 35.8 Å². The van der Waals surface area contributed by atoms with Crippen LogP contribution in [0.2, 0.25) is 0 Å². The Morgan fingerprint density at radius 2 is 0.608 bits per heavy atom. The topological polar surface area (TPSA) is 24.9 Å². The van der Waals surface area contributed by atoms with Crippen LogP contribution in [0.3, 0.4) is 0 Å². The van der Waals surface area contributed by atoms with Crippen molar-refractivity contribution in [2.45, 2.75) is 24.0 Å². The molecule has 16 rings (SSSR count). The third-order valence-corrected chi connectivity index (χ3v) is 19.8. The second kappa shape index (κ2) is 26.5. The molecule has 2 aliphatic carbocycles. The summed E-state index contributed by atoms with van der Waals surface area (Å²) in [6.07, 6.45) is 3.56. The van der Waals surface area contributed by atoms with Crippen molar-refractivity contribution in [3.05, 3.63) is 430 Å². The van der Waals surface area contributed by atoms with E-state index in [9.17, 15) is 8.78 Å². The Labute approximate surface area is 587 Å². The zero-order chi connectivity index (χ0) is 69.6. The molecule has 0 N–H and O–H groups in total. The maximum Gasteiger partial charge on any atom is 0.130 e. The molecule has 2 aliphatic rings. The third-order valence-electron chi connectivity index (χ3n) is 19.8. The highest BCUT2D eigenvalue weighted by Gasteiger charge is 2.51. The van der Waals surface area contributed by atoms with Crippen molar-refractivity contribution in [3.63, 3.8) is 0 Å². The van der Waals surface area contributed by atoms with Gasteiger partial charge < -0.3 is 19.3 Å². The maximum atomic E-state index is 17.1. The molecule has 0 amide bonds. The smallest absolute Gasteiger partial charge is 0.130 e. The molecule has 102 heavy (non-hydrogen) atoms. The minimum absolute atomic E-state index is 0.127. The van der Waals surface area contributed by atoms with Gasteiger partial charge in [0.15, 0.2) is 0 Å². The van der Waals surface area contributed by atoms with E-state index < -0.39 is 45.7 Å². The number of fused-ring (bicyclic) bond motifs is 6. The normalized spacial score (nSPS) is 14.6. The highest BCUT2D eigenvalue weighted by molar-refractivity contribution is 5.92. The average molecular weight is 1340 g/mol. The second-order valence-electron chi connectivity index (χ2n) is 25.5. The van der Waals surface area contributed by atoms with Crippen molar-refractivity contribution in [2.24, 2.45) is 0 Å². The van der Waals surface area contributed by atoms with Crippen molar-refractivity contribution in [2.75, 3.05) is 9.80 Å². The van der Waals surface area contributed by atoms with Gasteiger partial charge in [0, 0.05) is 45.3 Å². The van der Waals surface area contributed by atoms with Gasteiger partial charge in [0.05, 0.1) is 10.8 Å². The summed E-state index contributed by atoms with van der Waals surface area (Å²) in [5, 5.41) is 0. The summed E-state index contributed by atoms with van der Waals surface area (Å²) < 4.78 is 111. The minimum Gasteiger partial charge on any atom is -0.489 e. The molecule has 10 heteroatoms. The van der Waals surface area contributed by atoms with E-state index in [1.54, 1.807) is 36.4 Å². The van der Waals surface area contributed by atoms with E-state index in [2.05, 4.69) is 13.2 Å². The lowest BCUT2D eigenvalue weighted by Gasteiger charge is -2.35. The van der Waals surface area contributed by atoms with Crippen LogP contribution in [0.4, 0.5) is 60.5 Å². The van der Waals surface area contributed by atoms with Crippen LogP contribution < -0.4 is 19.3 Å². The number of ether oxygens (including phenoxy) is 2. The van der Waals surface area contributed by atoms with Gasteiger partial charge in [-0.1, -0.05) is 195 Å². The summed E-state index contributed by atoms with van der Waals surface area (Å²) in [7, 11) is 0. The molecule has 0 fully saturated rings. The van der Waals surface area contributed by atoms with Crippen LogP contribution in [0.15, 0.2) is 329 Å². The molecule has 2 atom stereocenters. The Bertz CT molecular complexity index is 5110. The van der Waals surface area contributed by atoms with Crippen LogP contribution in [0.25, 0.3) is 45.5 Å². The van der Waals surface area contributed by atoms with Crippen LogP contribution in [0.1, 0.15) is 66.8 Å². The van der Waals surface area contributed by atoms with Gasteiger partial charge in [-0.25, -0.2) is 26.3 Å². The Morgan fingerprint density at radius 1 is 0.294 bits per heavy atom. The van der Waals surface area contributed by atoms with Gasteiger partial charge >= 0.3 is 0 Å². The molecule has 0 aromatic heterocycles. The first-order valence-corrected chi connectivity index (χ1v) is 33.5. The molecule has 494 valence electrons. The van der Waals surface area contributed by atoms with Crippen molar-refractivity contribution in [1.29, 1.82) is 0 Å². The first-order valence-electron chi connectivity index (χ1n) is 33.5. The quantitative estimate of drug-likeness (QED) is 0.0754. The average Bonchev–Trinajstić information content (AvgIpc) is 1.53. The SMILES string of the molecule is C=Cc1ccc(COc2ccc(C3(c4c(F)cccc4F)c4ccccc4-c4ccc(N(c5ccc(F)cc5)c5ccc(-c6ccc(N(c7ccc(F)cc7)c7ccc8c(c7)C(c7ccc(OCc9ccc(C=C)cc9)cc7)(c7c(F)cccc7F)c7ccccc7-8)cc6)cc5)cc43)cc2)cc1. The van der Waals surface area contributed by atoms with Gasteiger partial charge in [-0.2, -0.15) is 0 Å². The monoisotopic (exact) mass is 1340 g/mol. The molecule has 14 aromatic carbocycles. The van der Waals surface area contributed by atoms with E-state index in [0.717, 1.165) is 55.6 Å². The molecule has 14 aromatic rings. The fourth-order valence-corrected chi connectivity index (χ4v) is 15.1. The number of benzene rings is 14. The number of hydrogen-bond acceptors (Lipinski definition) is 4. The summed E-state index contributed by atoms with van der Waals surface area (Å²) >= 11 is 0. The zero-order valence-electron chi connectivity index (χ0n) is 55.0. The molecule has 2 unspecified atom stereocenters. The Balaban J connectivity index is 0.762. The summed E-state index contributed by atoms with van der Waals surface area (Å²) in [6.45, 7) is 8.31. The molecule has 0 saturated heterocycles. The third kappa shape index (κ3) is 11.2. The first-order chi connectivity index (χ1) is 49.9. The summed E-state index contributed by atoms with van der Waals surface area (Å²) in [5.41, 5.74) is 13.5. The highest BCUT2D eigenvalue weighted by atomic mass is 19.2. The molecule has 4 nitrogen and oxygen atoms in total. The molecular weight excluding hydrogens is 1280 g/mol. The van der Waals surface area contributed by atoms with Gasteiger partial charge in [-0.05, 0) is 235 Å². The summed E-state index contributed by atoms with van der Waals surface area (Å²) in [4.78, 5) is 3.99. The van der Waals surface area contributed by atoms with Crippen molar-refractivity contribution in [3.8, 4) is 44.9 Å². The van der Waals surface area contributed by atoms with Gasteiger partial charge in [0.25, 0.3) is 0 Å². The van der Waals surface area contributed by atoms with Crippen LogP contribution in [-0.4, -0.2) is 0 Å². The van der Waals surface area contributed by atoms with Crippen LogP contribution in [-0.2, 0) is 24.0 Å². The first kappa shape index (κ1) is 64.0. The minimum atomic E-state index is -1.51. The van der Waals surface area contributed by atoms with Crippen LogP contribution >= 0.6 is 0 Å². The number of nitrogens with zero attached hydrogens (tertiary/aromatic N) is 2. The summed E-state index contributed by atoms with van der Waals surface area (Å²) in [5.74, 6) is -2.54. The van der Waals surface area contributed by atoms with Gasteiger partial charge in [-0.3, -0.25) is 0 Å². The van der Waals surface area contributed by atoms with Gasteiger partial charge in [0.2, 0.25) is 0 Å².